The van der Waals surface area contributed by atoms with E-state index >= 15 is 0 Å². The lowest BCUT2D eigenvalue weighted by Crippen LogP contribution is -2.34. The van der Waals surface area contributed by atoms with Crippen LogP contribution in [-0.2, 0) is 0 Å². The van der Waals surface area contributed by atoms with E-state index in [1.807, 2.05) is 18.2 Å². The number of hydrogen-bond donors (Lipinski definition) is 1. The number of furan rings is 1. The Hall–Kier alpha value is -2.36. The van der Waals surface area contributed by atoms with E-state index in [2.05, 4.69) is 5.32 Å². The quantitative estimate of drug-likeness (QED) is 0.838. The Bertz CT molecular complexity index is 546. The summed E-state index contributed by atoms with van der Waals surface area (Å²) in [5.74, 6) is -0.0507. The second-order valence-corrected chi connectivity index (χ2v) is 4.35. The summed E-state index contributed by atoms with van der Waals surface area (Å²) in [5, 5.41) is 2.73. The first-order valence-corrected chi connectivity index (χ1v) is 6.09. The van der Waals surface area contributed by atoms with Crippen molar-refractivity contribution in [3.63, 3.8) is 0 Å². The molecule has 0 unspecified atom stereocenters. The summed E-state index contributed by atoms with van der Waals surface area (Å²) in [6.45, 7) is 1.79. The first-order valence-electron chi connectivity index (χ1n) is 6.09. The van der Waals surface area contributed by atoms with E-state index in [0.29, 0.717) is 5.56 Å². The molecule has 0 aliphatic heterocycles. The van der Waals surface area contributed by atoms with Crippen LogP contribution in [-0.4, -0.2) is 17.7 Å². The third kappa shape index (κ3) is 3.55. The highest BCUT2D eigenvalue weighted by atomic mass is 16.3. The van der Waals surface area contributed by atoms with Crippen LogP contribution in [0.25, 0.3) is 0 Å². The smallest absolute Gasteiger partial charge is 0.287 e. The molecule has 0 bridgehead atoms. The van der Waals surface area contributed by atoms with Crippen molar-refractivity contribution in [2.24, 2.45) is 0 Å². The molecule has 0 radical (unpaired) electrons. The van der Waals surface area contributed by atoms with E-state index in [1.54, 1.807) is 31.2 Å². The van der Waals surface area contributed by atoms with Gasteiger partial charge >= 0.3 is 0 Å². The van der Waals surface area contributed by atoms with Gasteiger partial charge < -0.3 is 9.73 Å². The molecule has 19 heavy (non-hydrogen) atoms. The average Bonchev–Trinajstić information content (AvgIpc) is 2.93. The van der Waals surface area contributed by atoms with Gasteiger partial charge in [-0.05, 0) is 19.1 Å². The molecule has 1 atom stereocenters. The Kier molecular flexibility index (Phi) is 4.13. The number of nitrogens with one attached hydrogen (secondary N) is 1. The van der Waals surface area contributed by atoms with E-state index < -0.39 is 0 Å². The van der Waals surface area contributed by atoms with Crippen LogP contribution >= 0.6 is 0 Å². The van der Waals surface area contributed by atoms with Gasteiger partial charge in [-0.15, -0.1) is 0 Å². The highest BCUT2D eigenvalue weighted by Crippen LogP contribution is 2.06. The molecule has 1 N–H and O–H groups in total. The van der Waals surface area contributed by atoms with Crippen LogP contribution in [0.2, 0.25) is 0 Å². The summed E-state index contributed by atoms with van der Waals surface area (Å²) in [4.78, 5) is 23.7. The molecule has 1 heterocycles. The van der Waals surface area contributed by atoms with Gasteiger partial charge in [-0.25, -0.2) is 0 Å². The normalized spacial score (nSPS) is 11.8. The highest BCUT2D eigenvalue weighted by molar-refractivity contribution is 5.97. The predicted molar refractivity (Wildman–Crippen MR) is 71.0 cm³/mol. The standard InChI is InChI=1S/C15H15NO3/c1-11(16-15(18)14-8-5-9-19-14)10-13(17)12-6-3-2-4-7-12/h2-9,11H,10H2,1H3,(H,16,18)/t11-/m0/s1. The Morgan fingerprint density at radius 1 is 1.16 bits per heavy atom. The summed E-state index contributed by atoms with van der Waals surface area (Å²) in [6, 6.07) is 12.0. The molecule has 4 heteroatoms. The predicted octanol–water partition coefficient (Wildman–Crippen LogP) is 2.67. The molecular weight excluding hydrogens is 242 g/mol. The zero-order chi connectivity index (χ0) is 13.7. The van der Waals surface area contributed by atoms with Crippen LogP contribution < -0.4 is 5.32 Å². The van der Waals surface area contributed by atoms with Crippen LogP contribution in [0.15, 0.2) is 53.1 Å². The van der Waals surface area contributed by atoms with Crippen molar-refractivity contribution in [2.45, 2.75) is 19.4 Å². The molecule has 0 fully saturated rings. The molecule has 2 aromatic rings. The minimum atomic E-state index is -0.307. The molecule has 4 nitrogen and oxygen atoms in total. The van der Waals surface area contributed by atoms with Crippen LogP contribution in [0, 0.1) is 0 Å². The van der Waals surface area contributed by atoms with E-state index in [4.69, 9.17) is 4.42 Å². The summed E-state index contributed by atoms with van der Waals surface area (Å²) >= 11 is 0. The van der Waals surface area contributed by atoms with Gasteiger partial charge in [0.25, 0.3) is 5.91 Å². The molecular formula is C15H15NO3. The molecule has 1 aromatic carbocycles. The molecule has 0 aliphatic carbocycles. The first kappa shape index (κ1) is 13.1. The van der Waals surface area contributed by atoms with Gasteiger partial charge in [0.05, 0.1) is 6.26 Å². The van der Waals surface area contributed by atoms with Crippen molar-refractivity contribution >= 4 is 11.7 Å². The number of Topliss-reactive ketones (excluding diaryl/α,β-unsaturated/α-hetero) is 1. The summed E-state index contributed by atoms with van der Waals surface area (Å²) in [7, 11) is 0. The van der Waals surface area contributed by atoms with Gasteiger partial charge in [-0.2, -0.15) is 0 Å². The second kappa shape index (κ2) is 6.00. The van der Waals surface area contributed by atoms with Gasteiger partial charge in [0.1, 0.15) is 0 Å². The number of carbonyl (C=O) groups is 2. The van der Waals surface area contributed by atoms with E-state index in [-0.39, 0.29) is 29.9 Å². The Morgan fingerprint density at radius 3 is 2.53 bits per heavy atom. The van der Waals surface area contributed by atoms with Gasteiger partial charge in [-0.1, -0.05) is 30.3 Å². The van der Waals surface area contributed by atoms with Crippen molar-refractivity contribution in [1.82, 2.24) is 5.32 Å². The van der Waals surface area contributed by atoms with Gasteiger partial charge in [0.15, 0.2) is 11.5 Å². The largest absolute Gasteiger partial charge is 0.459 e. The topological polar surface area (TPSA) is 59.3 Å². The molecule has 98 valence electrons. The summed E-state index contributed by atoms with van der Waals surface area (Å²) < 4.78 is 4.99. The van der Waals surface area contributed by atoms with E-state index in [9.17, 15) is 9.59 Å². The van der Waals surface area contributed by atoms with Crippen LogP contribution in [0.1, 0.15) is 34.3 Å². The lowest BCUT2D eigenvalue weighted by Gasteiger charge is -2.12. The van der Waals surface area contributed by atoms with Crippen LogP contribution in [0.3, 0.4) is 0 Å². The second-order valence-electron chi connectivity index (χ2n) is 4.35. The molecule has 0 saturated carbocycles. The van der Waals surface area contributed by atoms with Crippen molar-refractivity contribution in [1.29, 1.82) is 0 Å². The lowest BCUT2D eigenvalue weighted by molar-refractivity contribution is 0.0896. The SMILES string of the molecule is C[C@@H](CC(=O)c1ccccc1)NC(=O)c1ccco1. The van der Waals surface area contributed by atoms with Crippen molar-refractivity contribution in [3.8, 4) is 0 Å². The lowest BCUT2D eigenvalue weighted by atomic mass is 10.0. The van der Waals surface area contributed by atoms with E-state index in [1.165, 1.54) is 6.26 Å². The number of carbonyl (C=O) groups excluding carboxylic acids is 2. The maximum absolute atomic E-state index is 11.9. The van der Waals surface area contributed by atoms with Crippen LogP contribution in [0.4, 0.5) is 0 Å². The molecule has 2 rings (SSSR count). The third-order valence-corrected chi connectivity index (χ3v) is 2.71. The fraction of sp³-hybridized carbons (Fsp3) is 0.200. The highest BCUT2D eigenvalue weighted by Gasteiger charge is 2.15. The third-order valence-electron chi connectivity index (χ3n) is 2.71. The zero-order valence-corrected chi connectivity index (χ0v) is 10.6. The molecule has 1 amide bonds. The van der Waals surface area contributed by atoms with Crippen LogP contribution in [0.5, 0.6) is 0 Å². The maximum Gasteiger partial charge on any atom is 0.287 e. The number of hydrogen-bond acceptors (Lipinski definition) is 3. The van der Waals surface area contributed by atoms with Crippen molar-refractivity contribution in [3.05, 3.63) is 60.1 Å². The summed E-state index contributed by atoms with van der Waals surface area (Å²) in [5.41, 5.74) is 0.654. The summed E-state index contributed by atoms with van der Waals surface area (Å²) in [6.07, 6.45) is 1.70. The molecule has 0 spiro atoms. The minimum absolute atomic E-state index is 0.00726. The monoisotopic (exact) mass is 257 g/mol. The number of ketones is 1. The fourth-order valence-corrected chi connectivity index (χ4v) is 1.77. The molecule has 1 aromatic heterocycles. The number of benzene rings is 1. The minimum Gasteiger partial charge on any atom is -0.459 e. The van der Waals surface area contributed by atoms with Gasteiger partial charge in [0.2, 0.25) is 0 Å². The van der Waals surface area contributed by atoms with Crippen molar-refractivity contribution < 1.29 is 14.0 Å². The Labute approximate surface area is 111 Å². The first-order chi connectivity index (χ1) is 9.16. The maximum atomic E-state index is 11.9. The number of amides is 1. The molecule has 0 saturated heterocycles. The number of rotatable bonds is 5. The Morgan fingerprint density at radius 2 is 1.89 bits per heavy atom. The van der Waals surface area contributed by atoms with Crippen molar-refractivity contribution in [2.75, 3.05) is 0 Å². The van der Waals surface area contributed by atoms with E-state index in [0.717, 1.165) is 0 Å². The Balaban J connectivity index is 1.90. The van der Waals surface area contributed by atoms with Gasteiger partial charge in [0, 0.05) is 18.0 Å². The average molecular weight is 257 g/mol. The molecule has 0 aliphatic rings. The fourth-order valence-electron chi connectivity index (χ4n) is 1.77. The van der Waals surface area contributed by atoms with Gasteiger partial charge in [-0.3, -0.25) is 9.59 Å². The zero-order valence-electron chi connectivity index (χ0n) is 10.6.